The van der Waals surface area contributed by atoms with Crippen LogP contribution in [0.1, 0.15) is 48.0 Å². The topological polar surface area (TPSA) is 41.9 Å². The number of nitrogens with zero attached hydrogens (tertiary/aromatic N) is 4. The van der Waals surface area contributed by atoms with Gasteiger partial charge in [-0.15, -0.1) is 0 Å². The van der Waals surface area contributed by atoms with Crippen molar-refractivity contribution in [2.24, 2.45) is 0 Å². The normalized spacial score (nSPS) is 14.6. The summed E-state index contributed by atoms with van der Waals surface area (Å²) in [5.74, 6) is 1.33. The third kappa shape index (κ3) is 3.38. The van der Waals surface area contributed by atoms with E-state index in [1.54, 1.807) is 0 Å². The Morgan fingerprint density at radius 3 is 2.69 bits per heavy atom. The highest BCUT2D eigenvalue weighted by molar-refractivity contribution is 5.97. The summed E-state index contributed by atoms with van der Waals surface area (Å²) in [5, 5.41) is 2.52. The Balaban J connectivity index is 1.54. The molecular formula is C25H26N4. The first kappa shape index (κ1) is 18.2. The number of para-hydroxylation sites is 1. The van der Waals surface area contributed by atoms with Crippen molar-refractivity contribution in [2.75, 3.05) is 6.54 Å². The Kier molecular flexibility index (Phi) is 4.51. The summed E-state index contributed by atoms with van der Waals surface area (Å²) in [7, 11) is 0. The zero-order chi connectivity index (χ0) is 20.0. The quantitative estimate of drug-likeness (QED) is 0.459. The van der Waals surface area contributed by atoms with Gasteiger partial charge in [-0.1, -0.05) is 43.7 Å². The second kappa shape index (κ2) is 7.20. The van der Waals surface area contributed by atoms with Crippen molar-refractivity contribution in [3.63, 3.8) is 0 Å². The third-order valence-corrected chi connectivity index (χ3v) is 5.88. The minimum Gasteiger partial charge on any atom is -0.294 e. The van der Waals surface area contributed by atoms with E-state index in [-0.39, 0.29) is 0 Å². The van der Waals surface area contributed by atoms with Gasteiger partial charge in [0.05, 0.1) is 11.0 Å². The summed E-state index contributed by atoms with van der Waals surface area (Å²) in [5.41, 5.74) is 7.28. The molecule has 29 heavy (non-hydrogen) atoms. The molecule has 3 heterocycles. The molecule has 0 saturated carbocycles. The molecular weight excluding hydrogens is 356 g/mol. The molecule has 0 bridgehead atoms. The van der Waals surface area contributed by atoms with Crippen molar-refractivity contribution in [3.05, 3.63) is 76.9 Å². The number of hydrogen-bond donors (Lipinski definition) is 0. The fraction of sp³-hybridized carbons (Fsp3) is 0.320. The van der Waals surface area contributed by atoms with Crippen LogP contribution in [0.2, 0.25) is 0 Å². The lowest BCUT2D eigenvalue weighted by Gasteiger charge is -2.29. The number of benzene rings is 2. The van der Waals surface area contributed by atoms with E-state index >= 15 is 0 Å². The van der Waals surface area contributed by atoms with Crippen LogP contribution in [0.3, 0.4) is 0 Å². The standard InChI is InChI=1S/C25H26N4/c1-16(2)25-26-13-18-14-29(11-10-22(18)28-25)15-21-19-6-4-5-7-23(19)27-24-9-8-17(3)12-20(21)24/h4-9,12-13,16H,10-11,14-15H2,1-3H3. The predicted molar refractivity (Wildman–Crippen MR) is 118 cm³/mol. The van der Waals surface area contributed by atoms with Gasteiger partial charge in [0, 0.05) is 60.2 Å². The highest BCUT2D eigenvalue weighted by Crippen LogP contribution is 2.29. The van der Waals surface area contributed by atoms with Gasteiger partial charge in [0.25, 0.3) is 0 Å². The molecule has 0 radical (unpaired) electrons. The van der Waals surface area contributed by atoms with E-state index < -0.39 is 0 Å². The molecule has 4 nitrogen and oxygen atoms in total. The Morgan fingerprint density at radius 2 is 1.83 bits per heavy atom. The Labute approximate surface area is 171 Å². The monoisotopic (exact) mass is 382 g/mol. The van der Waals surface area contributed by atoms with Crippen LogP contribution in [0, 0.1) is 6.92 Å². The van der Waals surface area contributed by atoms with Crippen molar-refractivity contribution < 1.29 is 0 Å². The number of aryl methyl sites for hydroxylation is 1. The summed E-state index contributed by atoms with van der Waals surface area (Å²) in [4.78, 5) is 16.8. The molecule has 2 aromatic heterocycles. The SMILES string of the molecule is Cc1ccc2nc3ccccc3c(CN3CCc4nc(C(C)C)ncc4C3)c2c1. The molecule has 0 unspecified atom stereocenters. The third-order valence-electron chi connectivity index (χ3n) is 5.88. The molecule has 2 aromatic carbocycles. The van der Waals surface area contributed by atoms with Gasteiger partial charge in [0.2, 0.25) is 0 Å². The van der Waals surface area contributed by atoms with Crippen molar-refractivity contribution in [1.82, 2.24) is 19.9 Å². The molecule has 4 heteroatoms. The summed E-state index contributed by atoms with van der Waals surface area (Å²) < 4.78 is 0. The number of hydrogen-bond acceptors (Lipinski definition) is 4. The molecule has 0 fully saturated rings. The van der Waals surface area contributed by atoms with E-state index in [1.165, 1.54) is 33.2 Å². The number of pyridine rings is 1. The lowest BCUT2D eigenvalue weighted by Crippen LogP contribution is -2.31. The van der Waals surface area contributed by atoms with Crippen LogP contribution < -0.4 is 0 Å². The van der Waals surface area contributed by atoms with Crippen LogP contribution in [-0.4, -0.2) is 26.4 Å². The van der Waals surface area contributed by atoms with Gasteiger partial charge in [-0.25, -0.2) is 15.0 Å². The van der Waals surface area contributed by atoms with Crippen molar-refractivity contribution >= 4 is 21.8 Å². The van der Waals surface area contributed by atoms with Gasteiger partial charge in [-0.05, 0) is 30.7 Å². The molecule has 5 rings (SSSR count). The first-order chi connectivity index (χ1) is 14.1. The minimum atomic E-state index is 0.371. The van der Waals surface area contributed by atoms with E-state index in [4.69, 9.17) is 9.97 Å². The second-order valence-corrected chi connectivity index (χ2v) is 8.44. The van der Waals surface area contributed by atoms with Crippen LogP contribution in [0.4, 0.5) is 0 Å². The van der Waals surface area contributed by atoms with Crippen LogP contribution in [0.25, 0.3) is 21.8 Å². The van der Waals surface area contributed by atoms with E-state index in [9.17, 15) is 0 Å². The predicted octanol–water partition coefficient (Wildman–Crippen LogP) is 5.17. The van der Waals surface area contributed by atoms with E-state index in [2.05, 4.69) is 73.1 Å². The summed E-state index contributed by atoms with van der Waals surface area (Å²) in [6.45, 7) is 9.29. The summed E-state index contributed by atoms with van der Waals surface area (Å²) >= 11 is 0. The van der Waals surface area contributed by atoms with Gasteiger partial charge in [-0.3, -0.25) is 4.90 Å². The molecule has 0 N–H and O–H groups in total. The van der Waals surface area contributed by atoms with Crippen LogP contribution in [0.15, 0.2) is 48.7 Å². The average molecular weight is 383 g/mol. The highest BCUT2D eigenvalue weighted by atomic mass is 15.1. The summed E-state index contributed by atoms with van der Waals surface area (Å²) in [6, 6.07) is 15.1. The average Bonchev–Trinajstić information content (AvgIpc) is 2.73. The van der Waals surface area contributed by atoms with Gasteiger partial charge >= 0.3 is 0 Å². The first-order valence-corrected chi connectivity index (χ1v) is 10.4. The van der Waals surface area contributed by atoms with E-state index in [0.717, 1.165) is 42.9 Å². The molecule has 0 amide bonds. The Bertz CT molecular complexity index is 1210. The van der Waals surface area contributed by atoms with Crippen LogP contribution in [-0.2, 0) is 19.5 Å². The Hall–Kier alpha value is -2.85. The lowest BCUT2D eigenvalue weighted by molar-refractivity contribution is 0.244. The Morgan fingerprint density at radius 1 is 1.00 bits per heavy atom. The maximum atomic E-state index is 4.90. The van der Waals surface area contributed by atoms with Crippen molar-refractivity contribution in [1.29, 1.82) is 0 Å². The maximum absolute atomic E-state index is 4.90. The van der Waals surface area contributed by atoms with Gasteiger partial charge in [0.15, 0.2) is 0 Å². The van der Waals surface area contributed by atoms with E-state index in [0.29, 0.717) is 5.92 Å². The smallest absolute Gasteiger partial charge is 0.131 e. The van der Waals surface area contributed by atoms with Crippen molar-refractivity contribution in [3.8, 4) is 0 Å². The second-order valence-electron chi connectivity index (χ2n) is 8.44. The number of aromatic nitrogens is 3. The fourth-order valence-electron chi connectivity index (χ4n) is 4.29. The van der Waals surface area contributed by atoms with Gasteiger partial charge in [0.1, 0.15) is 5.82 Å². The van der Waals surface area contributed by atoms with Gasteiger partial charge < -0.3 is 0 Å². The zero-order valence-corrected chi connectivity index (χ0v) is 17.3. The molecule has 0 spiro atoms. The maximum Gasteiger partial charge on any atom is 0.131 e. The van der Waals surface area contributed by atoms with Crippen molar-refractivity contribution in [2.45, 2.75) is 46.2 Å². The van der Waals surface area contributed by atoms with Crippen LogP contribution >= 0.6 is 0 Å². The fourth-order valence-corrected chi connectivity index (χ4v) is 4.29. The molecule has 0 saturated heterocycles. The van der Waals surface area contributed by atoms with E-state index in [1.807, 2.05) is 6.20 Å². The number of fused-ring (bicyclic) bond motifs is 3. The first-order valence-electron chi connectivity index (χ1n) is 10.4. The lowest BCUT2D eigenvalue weighted by atomic mass is 9.99. The molecule has 0 atom stereocenters. The zero-order valence-electron chi connectivity index (χ0n) is 17.3. The van der Waals surface area contributed by atoms with Crippen LogP contribution in [0.5, 0.6) is 0 Å². The molecule has 4 aromatic rings. The largest absolute Gasteiger partial charge is 0.294 e. The minimum absolute atomic E-state index is 0.371. The molecule has 0 aliphatic carbocycles. The summed E-state index contributed by atoms with van der Waals surface area (Å²) in [6.07, 6.45) is 3.02. The van der Waals surface area contributed by atoms with Gasteiger partial charge in [-0.2, -0.15) is 0 Å². The molecule has 1 aliphatic heterocycles. The molecule has 146 valence electrons. The number of rotatable bonds is 3. The molecule has 1 aliphatic rings. The highest BCUT2D eigenvalue weighted by Gasteiger charge is 2.21.